The lowest BCUT2D eigenvalue weighted by atomic mass is 9.88. The number of hydrogen-bond acceptors (Lipinski definition) is 23. The summed E-state index contributed by atoms with van der Waals surface area (Å²) < 4.78 is 5.77. The number of nitrogen functional groups attached to an aromatic ring is 1. The zero-order valence-electron chi connectivity index (χ0n) is 63.7. The number of nitrogens with one attached hydrogen (secondary N) is 11. The first-order valence-corrected chi connectivity index (χ1v) is 37.8. The molecule has 1 aliphatic heterocycles. The van der Waals surface area contributed by atoms with Crippen LogP contribution in [0.1, 0.15) is 171 Å². The van der Waals surface area contributed by atoms with E-state index in [0.29, 0.717) is 29.3 Å². The number of aliphatic hydroxyl groups is 1. The number of carbonyl (C=O) groups is 18. The fourth-order valence-electron chi connectivity index (χ4n) is 12.9. The number of esters is 1. The van der Waals surface area contributed by atoms with E-state index in [0.717, 1.165) is 64.7 Å². The first-order chi connectivity index (χ1) is 54.2. The molecule has 23 N–H and O–H groups in total. The second-order valence-corrected chi connectivity index (χ2v) is 28.5. The number of amides is 12. The van der Waals surface area contributed by atoms with Crippen LogP contribution in [0.3, 0.4) is 0 Å². The topological polar surface area (TPSA) is 650 Å². The van der Waals surface area contributed by atoms with Crippen molar-refractivity contribution in [2.45, 2.75) is 216 Å². The minimum atomic E-state index is -2.03. The highest BCUT2D eigenvalue weighted by Crippen LogP contribution is 2.26. The SMILES string of the molecule is CC1CCC(=NCC(=O)NC(CCCN)C(=O)NC(CC(=O)O)C(=O)NC(C)C(=O)NC(CC(=O)O)C(=O)NCC(=O)NC(CO)C(N)=O)C(CC(=O)C(CC(=O)O)NC(=O)C(CC(N)=O)NC(=O)C(Cc2c[nH]c3ccccc23)NC(=O)C2CCCCCCCCCCC2)COC(=O)C(CC(=O)c2ccccc2N)NC(=O)C1. The Morgan fingerprint density at radius 2 is 1.15 bits per heavy atom. The predicted molar refractivity (Wildman–Crippen MR) is 407 cm³/mol. The van der Waals surface area contributed by atoms with E-state index in [9.17, 15) is 107 Å². The number of hydrogen-bond donors (Lipinski definition) is 19. The zero-order valence-corrected chi connectivity index (χ0v) is 63.7. The van der Waals surface area contributed by atoms with E-state index in [1.54, 1.807) is 43.5 Å². The second kappa shape index (κ2) is 47.6. The average Bonchev–Trinajstić information content (AvgIpc) is 1.65. The molecule has 0 bridgehead atoms. The summed E-state index contributed by atoms with van der Waals surface area (Å²) in [4.78, 5) is 250. The number of primary amides is 2. The number of carboxylic acid groups (broad SMARTS) is 3. The number of para-hydroxylation sites is 2. The van der Waals surface area contributed by atoms with Crippen LogP contribution < -0.4 is 76.1 Å². The maximum Gasteiger partial charge on any atom is 0.329 e. The van der Waals surface area contributed by atoms with Gasteiger partial charge in [-0.25, -0.2) is 4.79 Å². The standard InChI is InChI=1S/C75H106N16O23/c1-40-24-25-48(81-36-62(97)84-50(23-16-26-76)71(109)91-55(34-66(103)104)72(110)83-41(2)68(106)88-54(33-65(101)102)70(108)82-37-63(98)86-57(38-92)67(79)105)44(39-114-75(113)56(85-61(96)27-40)30-58(93)46-20-12-14-21-47(46)77)29-59(94)51(32-64(99)100)87-74(112)53(31-60(78)95)90-73(111)52(28-43-35-80-49-22-15-13-19-45(43)49)89-69(107)42-17-10-8-6-4-3-5-7-9-11-18-42/h12-15,19-22,35,40-42,44,50-57,80,92H,3-11,16-18,23-34,36-39,76-77H2,1-2H3,(H2,78,95)(H2,79,105)(H,82,108)(H,83,110)(H,84,97)(H,85,96)(H,86,98)(H,87,112)(H,88,106)(H,89,107)(H,90,111)(H,91,109)(H,99,100)(H,101,102)(H,103,104). The van der Waals surface area contributed by atoms with Crippen molar-refractivity contribution in [2.24, 2.45) is 39.9 Å². The minimum Gasteiger partial charge on any atom is -0.481 e. The number of anilines is 1. The molecular formula is C75H106N16O23. The van der Waals surface area contributed by atoms with Gasteiger partial charge in [0.2, 0.25) is 70.9 Å². The van der Waals surface area contributed by atoms with Crippen LogP contribution in [-0.2, 0) is 92.7 Å². The number of aliphatic carboxylic acids is 3. The number of H-pyrrole nitrogens is 1. The molecule has 39 nitrogen and oxygen atoms in total. The van der Waals surface area contributed by atoms with Gasteiger partial charge in [0.25, 0.3) is 0 Å². The second-order valence-electron chi connectivity index (χ2n) is 28.5. The number of aromatic nitrogens is 1. The molecule has 1 saturated heterocycles. The Balaban J connectivity index is 1.45. The van der Waals surface area contributed by atoms with E-state index in [1.807, 2.05) is 10.6 Å². The first kappa shape index (κ1) is 92.8. The number of ether oxygens (including phenoxy) is 1. The summed E-state index contributed by atoms with van der Waals surface area (Å²) >= 11 is 0. The van der Waals surface area contributed by atoms with Gasteiger partial charge in [0.1, 0.15) is 54.9 Å². The van der Waals surface area contributed by atoms with E-state index in [-0.39, 0.29) is 62.0 Å². The summed E-state index contributed by atoms with van der Waals surface area (Å²) in [6, 6.07) is -2.80. The lowest BCUT2D eigenvalue weighted by Gasteiger charge is -2.27. The number of carbonyl (C=O) groups excluding carboxylic acids is 15. The molecule has 1 aliphatic carbocycles. The maximum atomic E-state index is 15.0. The largest absolute Gasteiger partial charge is 0.481 e. The van der Waals surface area contributed by atoms with Gasteiger partial charge >= 0.3 is 23.9 Å². The number of fused-ring (bicyclic) bond motifs is 1. The smallest absolute Gasteiger partial charge is 0.329 e. The molecule has 11 atom stereocenters. The summed E-state index contributed by atoms with van der Waals surface area (Å²) in [7, 11) is 0. The molecule has 1 aromatic heterocycles. The quantitative estimate of drug-likeness (QED) is 0.0164. The molecule has 3 aromatic rings. The molecule has 39 heteroatoms. The summed E-state index contributed by atoms with van der Waals surface area (Å²) in [5.74, 6) is -23.2. The third kappa shape index (κ3) is 32.1. The number of benzene rings is 2. The van der Waals surface area contributed by atoms with Crippen LogP contribution in [0.25, 0.3) is 10.9 Å². The lowest BCUT2D eigenvalue weighted by molar-refractivity contribution is -0.149. The highest BCUT2D eigenvalue weighted by molar-refractivity contribution is 6.05. The Bertz CT molecular complexity index is 3970. The van der Waals surface area contributed by atoms with Crippen molar-refractivity contribution in [3.63, 3.8) is 0 Å². The monoisotopic (exact) mass is 1600 g/mol. The van der Waals surface area contributed by atoms with Gasteiger partial charge < -0.3 is 106 Å². The van der Waals surface area contributed by atoms with Crippen molar-refractivity contribution in [1.29, 1.82) is 0 Å². The number of rotatable bonds is 40. The van der Waals surface area contributed by atoms with Crippen molar-refractivity contribution in [2.75, 3.05) is 38.6 Å². The summed E-state index contributed by atoms with van der Waals surface area (Å²) in [5, 5.41) is 62.9. The fraction of sp³-hybridized carbons (Fsp3) is 0.560. The van der Waals surface area contributed by atoms with E-state index >= 15 is 0 Å². The zero-order chi connectivity index (χ0) is 84.1. The lowest BCUT2D eigenvalue weighted by Crippen LogP contribution is -2.58. The molecule has 114 heavy (non-hydrogen) atoms. The first-order valence-electron chi connectivity index (χ1n) is 37.8. The van der Waals surface area contributed by atoms with Gasteiger partial charge in [-0.15, -0.1) is 0 Å². The van der Waals surface area contributed by atoms with Gasteiger partial charge in [0, 0.05) is 71.6 Å². The Morgan fingerprint density at radius 3 is 1.75 bits per heavy atom. The van der Waals surface area contributed by atoms with Crippen molar-refractivity contribution < 1.29 is 111 Å². The van der Waals surface area contributed by atoms with Gasteiger partial charge in [-0.3, -0.25) is 86.5 Å². The fourth-order valence-corrected chi connectivity index (χ4v) is 12.9. The van der Waals surface area contributed by atoms with Crippen LogP contribution in [0.5, 0.6) is 0 Å². The van der Waals surface area contributed by atoms with Crippen molar-refractivity contribution in [1.82, 2.24) is 58.2 Å². The van der Waals surface area contributed by atoms with Crippen LogP contribution >= 0.6 is 0 Å². The number of carboxylic acids is 3. The van der Waals surface area contributed by atoms with Gasteiger partial charge in [0.15, 0.2) is 11.6 Å². The number of nitrogens with two attached hydrogens (primary N) is 4. The number of aliphatic hydroxyl groups excluding tert-OH is 1. The van der Waals surface area contributed by atoms with Crippen LogP contribution in [0.4, 0.5) is 5.69 Å². The molecule has 2 aliphatic rings. The normalized spacial score (nSPS) is 18.5. The molecule has 2 fully saturated rings. The molecule has 1 saturated carbocycles. The number of aliphatic imine (C=N–C) groups is 1. The summed E-state index contributed by atoms with van der Waals surface area (Å²) in [6.07, 6.45) is 4.69. The summed E-state index contributed by atoms with van der Waals surface area (Å²) in [5.41, 5.74) is 23.9. The number of cyclic esters (lactones) is 1. The van der Waals surface area contributed by atoms with E-state index in [1.165, 1.54) is 18.2 Å². The van der Waals surface area contributed by atoms with Gasteiger partial charge in [-0.05, 0) is 81.7 Å². The average molecular weight is 1600 g/mol. The Hall–Kier alpha value is -11.8. The van der Waals surface area contributed by atoms with Gasteiger partial charge in [-0.2, -0.15) is 0 Å². The van der Waals surface area contributed by atoms with Crippen molar-refractivity contribution >= 4 is 129 Å². The number of nitrogens with zero attached hydrogens (tertiary/aromatic N) is 1. The predicted octanol–water partition coefficient (Wildman–Crippen LogP) is -2.12. The molecule has 0 radical (unpaired) electrons. The molecule has 2 heterocycles. The summed E-state index contributed by atoms with van der Waals surface area (Å²) in [6.45, 7) is -1.04. The number of ketones is 2. The van der Waals surface area contributed by atoms with Gasteiger partial charge in [0.05, 0.1) is 51.5 Å². The highest BCUT2D eigenvalue weighted by atomic mass is 16.5. The van der Waals surface area contributed by atoms with Crippen LogP contribution in [0.15, 0.2) is 59.7 Å². The van der Waals surface area contributed by atoms with E-state index < -0.39 is 243 Å². The Kier molecular flexibility index (Phi) is 38.7. The molecule has 11 unspecified atom stereocenters. The molecule has 12 amide bonds. The van der Waals surface area contributed by atoms with Crippen LogP contribution in [0, 0.1) is 17.8 Å². The van der Waals surface area contributed by atoms with E-state index in [2.05, 4.69) is 52.5 Å². The molecular weight excluding hydrogens is 1490 g/mol. The number of Topliss-reactive ketones (excluding diaryl/α,β-unsaturated/α-hetero) is 2. The molecule has 0 spiro atoms. The van der Waals surface area contributed by atoms with Crippen molar-refractivity contribution in [3.8, 4) is 0 Å². The highest BCUT2D eigenvalue weighted by Gasteiger charge is 2.38. The maximum absolute atomic E-state index is 15.0. The third-order valence-corrected chi connectivity index (χ3v) is 19.2. The van der Waals surface area contributed by atoms with Crippen molar-refractivity contribution in [3.05, 3.63) is 65.9 Å². The van der Waals surface area contributed by atoms with E-state index in [4.69, 9.17) is 27.7 Å². The Morgan fingerprint density at radius 1 is 0.605 bits per heavy atom. The minimum absolute atomic E-state index is 0.00171. The molecule has 5 rings (SSSR count). The van der Waals surface area contributed by atoms with Crippen LogP contribution in [0.2, 0.25) is 0 Å². The van der Waals surface area contributed by atoms with Gasteiger partial charge in [-0.1, -0.05) is 95.0 Å². The Labute approximate surface area is 656 Å². The molecule has 624 valence electrons. The number of aromatic amines is 1. The third-order valence-electron chi connectivity index (χ3n) is 19.2. The van der Waals surface area contributed by atoms with Crippen LogP contribution in [-0.4, -0.2) is 225 Å². The molecule has 2 aromatic carbocycles.